The number of amides is 1. The van der Waals surface area contributed by atoms with Gasteiger partial charge in [0.1, 0.15) is 6.04 Å². The van der Waals surface area contributed by atoms with Crippen molar-refractivity contribution in [1.29, 1.82) is 0 Å². The fraction of sp³-hybridized carbons (Fsp3) is 0.350. The standard InChI is InChI=1S/C20H25ClN2O3S/c1-13-6-7-17(12-14(13)2)15(3)22-20(24)16(4)23(27(5,25)26)19-10-8-18(21)9-11-19/h6-12,15-16H,1-5H3,(H,22,24). The first-order valence-electron chi connectivity index (χ1n) is 8.63. The largest absolute Gasteiger partial charge is 0.348 e. The molecule has 0 fully saturated rings. The molecule has 0 aromatic heterocycles. The minimum absolute atomic E-state index is 0.245. The Morgan fingerprint density at radius 3 is 2.15 bits per heavy atom. The van der Waals surface area contributed by atoms with Crippen LogP contribution in [0.4, 0.5) is 5.69 Å². The zero-order valence-corrected chi connectivity index (χ0v) is 17.7. The van der Waals surface area contributed by atoms with E-state index in [1.165, 1.54) is 5.56 Å². The van der Waals surface area contributed by atoms with Gasteiger partial charge in [-0.3, -0.25) is 9.10 Å². The molecule has 5 nitrogen and oxygen atoms in total. The SMILES string of the molecule is Cc1ccc(C(C)NC(=O)C(C)N(c2ccc(Cl)cc2)S(C)(=O)=O)cc1C. The fourth-order valence-electron chi connectivity index (χ4n) is 2.85. The van der Waals surface area contributed by atoms with E-state index in [1.54, 1.807) is 31.2 Å². The number of carbonyl (C=O) groups is 1. The van der Waals surface area contributed by atoms with Gasteiger partial charge in [-0.1, -0.05) is 29.8 Å². The second-order valence-corrected chi connectivity index (χ2v) is 9.08. The van der Waals surface area contributed by atoms with E-state index >= 15 is 0 Å². The molecule has 1 N–H and O–H groups in total. The molecule has 0 radical (unpaired) electrons. The Bertz CT molecular complexity index is 927. The maximum atomic E-state index is 12.8. The minimum atomic E-state index is -3.66. The first-order chi connectivity index (χ1) is 12.5. The van der Waals surface area contributed by atoms with Crippen LogP contribution in [-0.2, 0) is 14.8 Å². The molecule has 146 valence electrons. The highest BCUT2D eigenvalue weighted by atomic mass is 35.5. The van der Waals surface area contributed by atoms with Gasteiger partial charge in [0.05, 0.1) is 18.0 Å². The molecule has 7 heteroatoms. The summed E-state index contributed by atoms with van der Waals surface area (Å²) in [6.45, 7) is 7.49. The molecule has 27 heavy (non-hydrogen) atoms. The van der Waals surface area contributed by atoms with Crippen molar-refractivity contribution in [2.24, 2.45) is 0 Å². The third-order valence-electron chi connectivity index (χ3n) is 4.56. The second-order valence-electron chi connectivity index (χ2n) is 6.79. The molecule has 2 aromatic rings. The Morgan fingerprint density at radius 2 is 1.63 bits per heavy atom. The van der Waals surface area contributed by atoms with Crippen LogP contribution in [0, 0.1) is 13.8 Å². The quantitative estimate of drug-likeness (QED) is 0.785. The third-order valence-corrected chi connectivity index (χ3v) is 6.05. The number of aryl methyl sites for hydroxylation is 2. The van der Waals surface area contributed by atoms with Crippen LogP contribution in [0.2, 0.25) is 5.02 Å². The van der Waals surface area contributed by atoms with Crippen molar-refractivity contribution < 1.29 is 13.2 Å². The lowest BCUT2D eigenvalue weighted by Crippen LogP contribution is -2.48. The van der Waals surface area contributed by atoms with E-state index in [9.17, 15) is 13.2 Å². The molecule has 0 aliphatic rings. The van der Waals surface area contributed by atoms with E-state index in [1.807, 2.05) is 39.0 Å². The van der Waals surface area contributed by atoms with Crippen LogP contribution in [0.3, 0.4) is 0 Å². The van der Waals surface area contributed by atoms with E-state index in [2.05, 4.69) is 5.32 Å². The van der Waals surface area contributed by atoms with E-state index in [-0.39, 0.29) is 11.9 Å². The number of rotatable bonds is 6. The molecule has 0 aliphatic heterocycles. The lowest BCUT2D eigenvalue weighted by atomic mass is 10.0. The van der Waals surface area contributed by atoms with Crippen LogP contribution < -0.4 is 9.62 Å². The summed E-state index contributed by atoms with van der Waals surface area (Å²) in [6.07, 6.45) is 1.08. The number of anilines is 1. The number of halogens is 1. The maximum Gasteiger partial charge on any atom is 0.244 e. The molecular weight excluding hydrogens is 384 g/mol. The van der Waals surface area contributed by atoms with Crippen molar-refractivity contribution >= 4 is 33.2 Å². The normalized spacial score (nSPS) is 13.7. The van der Waals surface area contributed by atoms with E-state index in [0.29, 0.717) is 10.7 Å². The highest BCUT2D eigenvalue weighted by Crippen LogP contribution is 2.24. The molecule has 2 atom stereocenters. The number of nitrogens with zero attached hydrogens (tertiary/aromatic N) is 1. The van der Waals surface area contributed by atoms with Gasteiger partial charge in [0, 0.05) is 5.02 Å². The molecule has 0 saturated carbocycles. The molecule has 0 aliphatic carbocycles. The van der Waals surface area contributed by atoms with Gasteiger partial charge in [-0.15, -0.1) is 0 Å². The number of carbonyl (C=O) groups excluding carboxylic acids is 1. The number of nitrogens with one attached hydrogen (secondary N) is 1. The van der Waals surface area contributed by atoms with Crippen LogP contribution in [-0.4, -0.2) is 26.6 Å². The van der Waals surface area contributed by atoms with Crippen LogP contribution >= 0.6 is 11.6 Å². The lowest BCUT2D eigenvalue weighted by molar-refractivity contribution is -0.122. The number of sulfonamides is 1. The Balaban J connectivity index is 2.24. The van der Waals surface area contributed by atoms with Crippen LogP contribution in [0.25, 0.3) is 0 Å². The smallest absolute Gasteiger partial charge is 0.244 e. The van der Waals surface area contributed by atoms with Crippen molar-refractivity contribution in [2.75, 3.05) is 10.6 Å². The summed E-state index contributed by atoms with van der Waals surface area (Å²) in [5, 5.41) is 3.40. The Labute approximate surface area is 166 Å². The van der Waals surface area contributed by atoms with Gasteiger partial charge in [-0.25, -0.2) is 8.42 Å². The van der Waals surface area contributed by atoms with Gasteiger partial charge < -0.3 is 5.32 Å². The molecule has 1 amide bonds. The molecule has 0 heterocycles. The first-order valence-corrected chi connectivity index (χ1v) is 10.9. The summed E-state index contributed by atoms with van der Waals surface area (Å²) < 4.78 is 25.7. The fourth-order valence-corrected chi connectivity index (χ4v) is 4.15. The predicted octanol–water partition coefficient (Wildman–Crippen LogP) is 3.99. The van der Waals surface area contributed by atoms with Gasteiger partial charge in [0.25, 0.3) is 0 Å². The average molecular weight is 409 g/mol. The van der Waals surface area contributed by atoms with E-state index in [4.69, 9.17) is 11.6 Å². The summed E-state index contributed by atoms with van der Waals surface area (Å²) in [4.78, 5) is 12.8. The number of hydrogen-bond donors (Lipinski definition) is 1. The average Bonchev–Trinajstić information content (AvgIpc) is 2.57. The van der Waals surface area contributed by atoms with Gasteiger partial charge in [0.15, 0.2) is 0 Å². The maximum absolute atomic E-state index is 12.8. The van der Waals surface area contributed by atoms with Crippen LogP contribution in [0.5, 0.6) is 0 Å². The summed E-state index contributed by atoms with van der Waals surface area (Å²) in [7, 11) is -3.66. The van der Waals surface area contributed by atoms with E-state index in [0.717, 1.165) is 21.7 Å². The first kappa shape index (κ1) is 21.3. The summed E-state index contributed by atoms with van der Waals surface area (Å²) in [5.74, 6) is -0.374. The Morgan fingerprint density at radius 1 is 1.04 bits per heavy atom. The van der Waals surface area contributed by atoms with Crippen molar-refractivity contribution in [3.63, 3.8) is 0 Å². The van der Waals surface area contributed by atoms with Crippen molar-refractivity contribution in [3.05, 3.63) is 64.2 Å². The summed E-state index contributed by atoms with van der Waals surface area (Å²) in [6, 6.07) is 11.2. The monoisotopic (exact) mass is 408 g/mol. The summed E-state index contributed by atoms with van der Waals surface area (Å²) >= 11 is 5.89. The molecule has 0 spiro atoms. The Kier molecular flexibility index (Phi) is 6.54. The minimum Gasteiger partial charge on any atom is -0.348 e. The second kappa shape index (κ2) is 8.31. The van der Waals surface area contributed by atoms with Crippen molar-refractivity contribution in [3.8, 4) is 0 Å². The van der Waals surface area contributed by atoms with Crippen molar-refractivity contribution in [1.82, 2.24) is 5.32 Å². The molecule has 0 saturated heterocycles. The third kappa shape index (κ3) is 5.23. The molecular formula is C20H25ClN2O3S. The molecule has 2 unspecified atom stereocenters. The Hall–Kier alpha value is -2.05. The highest BCUT2D eigenvalue weighted by Gasteiger charge is 2.29. The number of hydrogen-bond acceptors (Lipinski definition) is 3. The lowest BCUT2D eigenvalue weighted by Gasteiger charge is -2.29. The molecule has 2 rings (SSSR count). The zero-order valence-electron chi connectivity index (χ0n) is 16.2. The van der Waals surface area contributed by atoms with Gasteiger partial charge >= 0.3 is 0 Å². The van der Waals surface area contributed by atoms with Gasteiger partial charge in [0.2, 0.25) is 15.9 Å². The van der Waals surface area contributed by atoms with Gasteiger partial charge in [-0.05, 0) is 68.7 Å². The summed E-state index contributed by atoms with van der Waals surface area (Å²) in [5.41, 5.74) is 3.68. The molecule has 2 aromatic carbocycles. The predicted molar refractivity (Wildman–Crippen MR) is 111 cm³/mol. The topological polar surface area (TPSA) is 66.5 Å². The van der Waals surface area contributed by atoms with Gasteiger partial charge in [-0.2, -0.15) is 0 Å². The van der Waals surface area contributed by atoms with Crippen LogP contribution in [0.15, 0.2) is 42.5 Å². The van der Waals surface area contributed by atoms with Crippen LogP contribution in [0.1, 0.15) is 36.6 Å². The molecule has 0 bridgehead atoms. The van der Waals surface area contributed by atoms with Crippen molar-refractivity contribution in [2.45, 2.75) is 39.8 Å². The zero-order chi connectivity index (χ0) is 20.4. The van der Waals surface area contributed by atoms with E-state index < -0.39 is 16.1 Å². The number of benzene rings is 2. The highest BCUT2D eigenvalue weighted by molar-refractivity contribution is 7.92.